The molecule has 0 bridgehead atoms. The molecule has 1 atom stereocenters. The number of likely N-dealkylation sites (tertiary alicyclic amines) is 1. The number of unbranched alkanes of at least 4 members (excludes halogenated alkanes) is 1. The number of amides is 1. The third-order valence-electron chi connectivity index (χ3n) is 5.09. The Morgan fingerprint density at radius 1 is 1.35 bits per heavy atom. The lowest BCUT2D eigenvalue weighted by atomic mass is 9.94. The minimum Gasteiger partial charge on any atom is -0.468 e. The molecule has 1 amide bonds. The fourth-order valence-electron chi connectivity index (χ4n) is 3.68. The fourth-order valence-corrected chi connectivity index (χ4v) is 3.68. The van der Waals surface area contributed by atoms with Crippen LogP contribution >= 0.6 is 0 Å². The van der Waals surface area contributed by atoms with Gasteiger partial charge in [-0.15, -0.1) is 0 Å². The molecule has 0 radical (unpaired) electrons. The third kappa shape index (κ3) is 4.05. The van der Waals surface area contributed by atoms with Gasteiger partial charge in [0.25, 0.3) is 0 Å². The van der Waals surface area contributed by atoms with E-state index in [1.165, 1.54) is 12.8 Å². The monoisotopic (exact) mass is 316 g/mol. The predicted octanol–water partition coefficient (Wildman–Crippen LogP) is 3.45. The molecule has 0 aromatic carbocycles. The summed E-state index contributed by atoms with van der Waals surface area (Å²) >= 11 is 0. The van der Waals surface area contributed by atoms with Crippen molar-refractivity contribution in [3.63, 3.8) is 0 Å². The summed E-state index contributed by atoms with van der Waals surface area (Å²) in [6.07, 6.45) is 11.5. The van der Waals surface area contributed by atoms with Crippen LogP contribution in [0.2, 0.25) is 0 Å². The Bertz CT molecular complexity index is 515. The first-order valence-electron chi connectivity index (χ1n) is 9.00. The number of hydrogen-bond acceptors (Lipinski definition) is 3. The van der Waals surface area contributed by atoms with E-state index in [9.17, 15) is 4.79 Å². The largest absolute Gasteiger partial charge is 0.468 e. The number of furan rings is 1. The molecule has 0 saturated carbocycles. The molecule has 1 saturated heterocycles. The Hall–Kier alpha value is -1.55. The second-order valence-electron chi connectivity index (χ2n) is 6.76. The van der Waals surface area contributed by atoms with Gasteiger partial charge in [0.05, 0.1) is 18.8 Å². The van der Waals surface area contributed by atoms with Crippen molar-refractivity contribution >= 4 is 5.91 Å². The number of carbonyl (C=O) groups is 1. The van der Waals surface area contributed by atoms with Crippen LogP contribution in [0, 0.1) is 5.92 Å². The zero-order valence-corrected chi connectivity index (χ0v) is 14.1. The molecule has 4 heteroatoms. The molecule has 1 aromatic heterocycles. The molecule has 2 aliphatic rings. The van der Waals surface area contributed by atoms with E-state index < -0.39 is 0 Å². The molecule has 1 unspecified atom stereocenters. The van der Waals surface area contributed by atoms with Crippen molar-refractivity contribution in [2.45, 2.75) is 51.6 Å². The normalized spacial score (nSPS) is 22.8. The van der Waals surface area contributed by atoms with Crippen molar-refractivity contribution in [2.24, 2.45) is 5.92 Å². The number of rotatable bonds is 6. The van der Waals surface area contributed by atoms with Gasteiger partial charge in [-0.3, -0.25) is 9.69 Å². The maximum absolute atomic E-state index is 12.8. The van der Waals surface area contributed by atoms with Crippen LogP contribution in [0.1, 0.15) is 44.8 Å². The van der Waals surface area contributed by atoms with Crippen molar-refractivity contribution in [2.75, 3.05) is 19.6 Å². The van der Waals surface area contributed by atoms with E-state index in [2.05, 4.69) is 28.9 Å². The second kappa shape index (κ2) is 7.82. The summed E-state index contributed by atoms with van der Waals surface area (Å²) in [6, 6.07) is 4.29. The minimum atomic E-state index is 0.201. The smallest absolute Gasteiger partial charge is 0.226 e. The summed E-state index contributed by atoms with van der Waals surface area (Å²) < 4.78 is 5.42. The lowest BCUT2D eigenvalue weighted by Gasteiger charge is -2.34. The highest BCUT2D eigenvalue weighted by Crippen LogP contribution is 2.25. The van der Waals surface area contributed by atoms with Crippen molar-refractivity contribution in [3.8, 4) is 0 Å². The van der Waals surface area contributed by atoms with Gasteiger partial charge >= 0.3 is 0 Å². The van der Waals surface area contributed by atoms with E-state index in [4.69, 9.17) is 4.42 Å². The maximum Gasteiger partial charge on any atom is 0.226 e. The molecule has 3 heterocycles. The van der Waals surface area contributed by atoms with Crippen LogP contribution in [0.5, 0.6) is 0 Å². The highest BCUT2D eigenvalue weighted by atomic mass is 16.3. The van der Waals surface area contributed by atoms with Gasteiger partial charge in [-0.1, -0.05) is 31.9 Å². The van der Waals surface area contributed by atoms with Gasteiger partial charge in [0.2, 0.25) is 5.91 Å². The van der Waals surface area contributed by atoms with Crippen molar-refractivity contribution in [1.82, 2.24) is 9.80 Å². The van der Waals surface area contributed by atoms with Gasteiger partial charge in [-0.2, -0.15) is 0 Å². The van der Waals surface area contributed by atoms with Crippen LogP contribution in [0.25, 0.3) is 0 Å². The molecule has 0 N–H and O–H groups in total. The van der Waals surface area contributed by atoms with E-state index >= 15 is 0 Å². The number of piperidine rings is 1. The molecule has 126 valence electrons. The molecule has 0 spiro atoms. The first kappa shape index (κ1) is 16.3. The summed E-state index contributed by atoms with van der Waals surface area (Å²) in [5.41, 5.74) is 0. The highest BCUT2D eigenvalue weighted by molar-refractivity contribution is 5.80. The van der Waals surface area contributed by atoms with E-state index in [1.54, 1.807) is 6.26 Å². The van der Waals surface area contributed by atoms with Crippen LogP contribution in [0.4, 0.5) is 0 Å². The molecule has 1 fully saturated rings. The minimum absolute atomic E-state index is 0.201. The number of nitrogens with zero attached hydrogens (tertiary/aromatic N) is 2. The SMILES string of the molecule is CCCCC1C=CCN1C(=O)C1CCN(Cc2ccco2)CC1. The van der Waals surface area contributed by atoms with Gasteiger partial charge in [0.15, 0.2) is 0 Å². The molecule has 1 aromatic rings. The van der Waals surface area contributed by atoms with Crippen molar-refractivity contribution in [3.05, 3.63) is 36.3 Å². The van der Waals surface area contributed by atoms with E-state index in [-0.39, 0.29) is 5.92 Å². The van der Waals surface area contributed by atoms with Gasteiger partial charge in [-0.25, -0.2) is 0 Å². The first-order valence-corrected chi connectivity index (χ1v) is 9.00. The lowest BCUT2D eigenvalue weighted by Crippen LogP contribution is -2.44. The molecular formula is C19H28N2O2. The van der Waals surface area contributed by atoms with Gasteiger partial charge < -0.3 is 9.32 Å². The number of hydrogen-bond donors (Lipinski definition) is 0. The summed E-state index contributed by atoms with van der Waals surface area (Å²) in [4.78, 5) is 17.3. The zero-order valence-electron chi connectivity index (χ0n) is 14.1. The Labute approximate surface area is 139 Å². The first-order chi connectivity index (χ1) is 11.3. The Morgan fingerprint density at radius 2 is 2.17 bits per heavy atom. The molecule has 2 aliphatic heterocycles. The average Bonchev–Trinajstić information content (AvgIpc) is 3.24. The average molecular weight is 316 g/mol. The molecule has 3 rings (SSSR count). The maximum atomic E-state index is 12.8. The summed E-state index contributed by atoms with van der Waals surface area (Å²) in [6.45, 7) is 5.84. The Kier molecular flexibility index (Phi) is 5.55. The van der Waals surface area contributed by atoms with Crippen LogP contribution < -0.4 is 0 Å². The van der Waals surface area contributed by atoms with E-state index in [0.717, 1.165) is 51.2 Å². The van der Waals surface area contributed by atoms with Crippen LogP contribution in [-0.4, -0.2) is 41.4 Å². The van der Waals surface area contributed by atoms with Gasteiger partial charge in [-0.05, 0) is 44.5 Å². The van der Waals surface area contributed by atoms with E-state index in [1.807, 2.05) is 12.1 Å². The van der Waals surface area contributed by atoms with Gasteiger partial charge in [0.1, 0.15) is 5.76 Å². The van der Waals surface area contributed by atoms with Crippen molar-refractivity contribution in [1.29, 1.82) is 0 Å². The fraction of sp³-hybridized carbons (Fsp3) is 0.632. The third-order valence-corrected chi connectivity index (χ3v) is 5.09. The Morgan fingerprint density at radius 3 is 2.87 bits per heavy atom. The summed E-state index contributed by atoms with van der Waals surface area (Å²) in [5, 5.41) is 0. The summed E-state index contributed by atoms with van der Waals surface area (Å²) in [5.74, 6) is 1.58. The standard InChI is InChI=1S/C19H28N2O2/c1-2-3-6-17-7-4-11-21(17)19(22)16-9-12-20(13-10-16)15-18-8-5-14-23-18/h4-5,7-8,14,16-17H,2-3,6,9-13,15H2,1H3. The molecule has 4 nitrogen and oxygen atoms in total. The number of carbonyl (C=O) groups excluding carboxylic acids is 1. The molecule has 23 heavy (non-hydrogen) atoms. The Balaban J connectivity index is 1.48. The quantitative estimate of drug-likeness (QED) is 0.754. The van der Waals surface area contributed by atoms with Gasteiger partial charge in [0, 0.05) is 12.5 Å². The molecular weight excluding hydrogens is 288 g/mol. The molecule has 0 aliphatic carbocycles. The predicted molar refractivity (Wildman–Crippen MR) is 90.9 cm³/mol. The van der Waals surface area contributed by atoms with Crippen LogP contribution in [0.15, 0.2) is 35.0 Å². The lowest BCUT2D eigenvalue weighted by molar-refractivity contribution is -0.137. The topological polar surface area (TPSA) is 36.7 Å². The van der Waals surface area contributed by atoms with Crippen LogP contribution in [-0.2, 0) is 11.3 Å². The van der Waals surface area contributed by atoms with Crippen molar-refractivity contribution < 1.29 is 9.21 Å². The summed E-state index contributed by atoms with van der Waals surface area (Å²) in [7, 11) is 0. The van der Waals surface area contributed by atoms with E-state index in [0.29, 0.717) is 11.9 Å². The zero-order chi connectivity index (χ0) is 16.1. The van der Waals surface area contributed by atoms with Crippen LogP contribution in [0.3, 0.4) is 0 Å². The second-order valence-corrected chi connectivity index (χ2v) is 6.76. The highest BCUT2D eigenvalue weighted by Gasteiger charge is 2.32.